The lowest BCUT2D eigenvalue weighted by Gasteiger charge is -2.04. The fourth-order valence-corrected chi connectivity index (χ4v) is 2.26. The molecule has 26 heavy (non-hydrogen) atoms. The number of ether oxygens (including phenoxy) is 2. The minimum atomic E-state index is -0.489. The Morgan fingerprint density at radius 3 is 2.50 bits per heavy atom. The normalized spacial score (nSPS) is 10.8. The Labute approximate surface area is 150 Å². The number of hydrogen-bond acceptors (Lipinski definition) is 6. The van der Waals surface area contributed by atoms with Crippen molar-refractivity contribution in [1.82, 2.24) is 9.97 Å². The zero-order valence-corrected chi connectivity index (χ0v) is 14.1. The Hall–Kier alpha value is -3.54. The van der Waals surface area contributed by atoms with E-state index in [4.69, 9.17) is 4.74 Å². The summed E-state index contributed by atoms with van der Waals surface area (Å²) in [5.41, 5.74) is 3.33. The molecule has 0 N–H and O–H groups in total. The molecule has 0 saturated heterocycles. The van der Waals surface area contributed by atoms with Crippen molar-refractivity contribution in [2.75, 3.05) is 7.11 Å². The molecule has 0 bridgehead atoms. The fraction of sp³-hybridized carbons (Fsp3) is 0.100. The molecule has 3 aromatic rings. The van der Waals surface area contributed by atoms with Crippen LogP contribution in [0, 0.1) is 0 Å². The number of nitrogens with zero attached hydrogens (tertiary/aromatic N) is 2. The van der Waals surface area contributed by atoms with Gasteiger partial charge in [-0.15, -0.1) is 0 Å². The second-order valence-corrected chi connectivity index (χ2v) is 5.41. The zero-order valence-electron chi connectivity index (χ0n) is 14.1. The van der Waals surface area contributed by atoms with Crippen LogP contribution in [0.1, 0.15) is 21.6 Å². The van der Waals surface area contributed by atoms with E-state index in [-0.39, 0.29) is 6.61 Å². The number of carbonyl (C=O) groups excluding carboxylic acids is 2. The molecule has 1 heterocycles. The first-order chi connectivity index (χ1) is 12.7. The van der Waals surface area contributed by atoms with Gasteiger partial charge in [0.15, 0.2) is 0 Å². The highest BCUT2D eigenvalue weighted by Crippen LogP contribution is 2.10. The van der Waals surface area contributed by atoms with Crippen LogP contribution in [0.15, 0.2) is 60.8 Å². The van der Waals surface area contributed by atoms with Gasteiger partial charge in [-0.1, -0.05) is 24.3 Å². The van der Waals surface area contributed by atoms with E-state index in [0.717, 1.165) is 16.6 Å². The highest BCUT2D eigenvalue weighted by atomic mass is 16.5. The van der Waals surface area contributed by atoms with Gasteiger partial charge < -0.3 is 9.47 Å². The topological polar surface area (TPSA) is 78.4 Å². The SMILES string of the molecule is COC(=O)c1ccc(COC(=O)/C=C/c2cnc3ccccc3n2)cc1. The first kappa shape index (κ1) is 17.3. The molecule has 0 atom stereocenters. The van der Waals surface area contributed by atoms with Crippen LogP contribution in [0.5, 0.6) is 0 Å². The third-order valence-electron chi connectivity index (χ3n) is 3.61. The smallest absolute Gasteiger partial charge is 0.337 e. The number of carbonyl (C=O) groups is 2. The second kappa shape index (κ2) is 8.02. The highest BCUT2D eigenvalue weighted by molar-refractivity contribution is 5.89. The molecule has 0 unspecified atom stereocenters. The summed E-state index contributed by atoms with van der Waals surface area (Å²) in [5.74, 6) is -0.898. The van der Waals surface area contributed by atoms with Crippen molar-refractivity contribution < 1.29 is 19.1 Å². The summed E-state index contributed by atoms with van der Waals surface area (Å²) in [5, 5.41) is 0. The van der Waals surface area contributed by atoms with E-state index in [2.05, 4.69) is 14.7 Å². The van der Waals surface area contributed by atoms with Gasteiger partial charge in [0.2, 0.25) is 0 Å². The summed E-state index contributed by atoms with van der Waals surface area (Å²) in [4.78, 5) is 31.9. The highest BCUT2D eigenvalue weighted by Gasteiger charge is 2.05. The van der Waals surface area contributed by atoms with Crippen LogP contribution in [0.3, 0.4) is 0 Å². The summed E-state index contributed by atoms with van der Waals surface area (Å²) in [6.07, 6.45) is 4.46. The Kier molecular flexibility index (Phi) is 5.34. The Balaban J connectivity index is 1.57. The van der Waals surface area contributed by atoms with Crippen molar-refractivity contribution in [3.8, 4) is 0 Å². The van der Waals surface area contributed by atoms with Crippen LogP contribution in [-0.2, 0) is 20.9 Å². The molecule has 0 spiro atoms. The molecule has 0 aliphatic rings. The van der Waals surface area contributed by atoms with Gasteiger partial charge in [-0.3, -0.25) is 4.98 Å². The van der Waals surface area contributed by atoms with Gasteiger partial charge in [-0.25, -0.2) is 14.6 Å². The predicted molar refractivity (Wildman–Crippen MR) is 96.1 cm³/mol. The van der Waals surface area contributed by atoms with E-state index < -0.39 is 11.9 Å². The van der Waals surface area contributed by atoms with E-state index in [0.29, 0.717) is 11.3 Å². The summed E-state index contributed by atoms with van der Waals surface area (Å²) in [6, 6.07) is 14.2. The number of fused-ring (bicyclic) bond motifs is 1. The van der Waals surface area contributed by atoms with Crippen molar-refractivity contribution in [3.05, 3.63) is 77.6 Å². The number of rotatable bonds is 5. The summed E-state index contributed by atoms with van der Waals surface area (Å²) in [6.45, 7) is 0.105. The third-order valence-corrected chi connectivity index (χ3v) is 3.61. The number of benzene rings is 2. The van der Waals surface area contributed by atoms with E-state index >= 15 is 0 Å². The van der Waals surface area contributed by atoms with E-state index in [9.17, 15) is 9.59 Å². The first-order valence-electron chi connectivity index (χ1n) is 7.89. The lowest BCUT2D eigenvalue weighted by atomic mass is 10.1. The van der Waals surface area contributed by atoms with Gasteiger partial charge in [-0.05, 0) is 35.9 Å². The Bertz CT molecular complexity index is 965. The van der Waals surface area contributed by atoms with Crippen molar-refractivity contribution >= 4 is 29.0 Å². The van der Waals surface area contributed by atoms with Crippen molar-refractivity contribution in [2.45, 2.75) is 6.61 Å². The maximum Gasteiger partial charge on any atom is 0.337 e. The Morgan fingerprint density at radius 1 is 1.04 bits per heavy atom. The molecule has 0 aliphatic heterocycles. The molecule has 6 heteroatoms. The van der Waals surface area contributed by atoms with Crippen LogP contribution in [-0.4, -0.2) is 29.0 Å². The summed E-state index contributed by atoms with van der Waals surface area (Å²) < 4.78 is 9.80. The molecule has 2 aromatic carbocycles. The monoisotopic (exact) mass is 348 g/mol. The van der Waals surface area contributed by atoms with E-state index in [1.165, 1.54) is 13.2 Å². The van der Waals surface area contributed by atoms with Gasteiger partial charge in [0, 0.05) is 6.08 Å². The van der Waals surface area contributed by atoms with Crippen LogP contribution in [0.25, 0.3) is 17.1 Å². The predicted octanol–water partition coefficient (Wildman–Crippen LogP) is 3.17. The largest absolute Gasteiger partial charge is 0.465 e. The molecular weight excluding hydrogens is 332 g/mol. The molecule has 0 aliphatic carbocycles. The van der Waals surface area contributed by atoms with E-state index in [1.54, 1.807) is 36.5 Å². The number of methoxy groups -OCH3 is 1. The number of aromatic nitrogens is 2. The number of esters is 2. The van der Waals surface area contributed by atoms with Gasteiger partial charge in [0.05, 0.1) is 35.6 Å². The average Bonchev–Trinajstić information content (AvgIpc) is 2.70. The molecule has 1 aromatic heterocycles. The van der Waals surface area contributed by atoms with Gasteiger partial charge in [0.1, 0.15) is 6.61 Å². The summed E-state index contributed by atoms with van der Waals surface area (Å²) in [7, 11) is 1.32. The maximum absolute atomic E-state index is 11.8. The lowest BCUT2D eigenvalue weighted by Crippen LogP contribution is -2.03. The van der Waals surface area contributed by atoms with Crippen molar-refractivity contribution in [1.29, 1.82) is 0 Å². The van der Waals surface area contributed by atoms with Crippen molar-refractivity contribution in [2.24, 2.45) is 0 Å². The minimum Gasteiger partial charge on any atom is -0.465 e. The second-order valence-electron chi connectivity index (χ2n) is 5.41. The standard InChI is InChI=1S/C20H16N2O4/c1-25-20(24)15-8-6-14(7-9-15)13-26-19(23)11-10-16-12-21-17-4-2-3-5-18(17)22-16/h2-12H,13H2,1H3/b11-10+. The zero-order chi connectivity index (χ0) is 18.4. The molecule has 6 nitrogen and oxygen atoms in total. The van der Waals surface area contributed by atoms with Crippen molar-refractivity contribution in [3.63, 3.8) is 0 Å². The maximum atomic E-state index is 11.8. The molecule has 0 amide bonds. The van der Waals surface area contributed by atoms with Crippen LogP contribution in [0.2, 0.25) is 0 Å². The summed E-state index contributed by atoms with van der Waals surface area (Å²) >= 11 is 0. The van der Waals surface area contributed by atoms with Gasteiger partial charge in [-0.2, -0.15) is 0 Å². The average molecular weight is 348 g/mol. The first-order valence-corrected chi connectivity index (χ1v) is 7.89. The molecule has 0 saturated carbocycles. The molecule has 130 valence electrons. The lowest BCUT2D eigenvalue weighted by molar-refractivity contribution is -0.138. The van der Waals surface area contributed by atoms with Crippen LogP contribution >= 0.6 is 0 Å². The third kappa shape index (κ3) is 4.30. The number of para-hydroxylation sites is 2. The van der Waals surface area contributed by atoms with Crippen LogP contribution < -0.4 is 0 Å². The quantitative estimate of drug-likeness (QED) is 0.520. The van der Waals surface area contributed by atoms with Gasteiger partial charge >= 0.3 is 11.9 Å². The molecule has 3 rings (SSSR count). The fourth-order valence-electron chi connectivity index (χ4n) is 2.26. The van der Waals surface area contributed by atoms with Gasteiger partial charge in [0.25, 0.3) is 0 Å². The minimum absolute atomic E-state index is 0.105. The van der Waals surface area contributed by atoms with Crippen LogP contribution in [0.4, 0.5) is 0 Å². The Morgan fingerprint density at radius 2 is 1.77 bits per heavy atom. The number of hydrogen-bond donors (Lipinski definition) is 0. The molecule has 0 fully saturated rings. The van der Waals surface area contributed by atoms with E-state index in [1.807, 2.05) is 24.3 Å². The molecule has 0 radical (unpaired) electrons. The molecular formula is C20H16N2O4.